The number of halogens is 1. The molecule has 0 aromatic heterocycles. The molecule has 0 aliphatic carbocycles. The van der Waals surface area contributed by atoms with Crippen molar-refractivity contribution in [2.24, 2.45) is 0 Å². The Labute approximate surface area is 155 Å². The maximum absolute atomic E-state index is 11.7. The van der Waals surface area contributed by atoms with E-state index in [1.165, 1.54) is 20.1 Å². The first kappa shape index (κ1) is 22.9. The number of carbonyl (C=O) groups excluding carboxylic acids is 2. The fourth-order valence-electron chi connectivity index (χ4n) is 2.05. The Balaban J connectivity index is 0.00000576. The first-order valence-corrected chi connectivity index (χ1v) is 7.93. The SMILES string of the molecule is CCN(CC)CCOC(=O)/C=C/c1ccc(OC(C)=O)c(OC)c1.Cl. The Morgan fingerprint density at radius 3 is 2.40 bits per heavy atom. The smallest absolute Gasteiger partial charge is 0.330 e. The van der Waals surface area contributed by atoms with Gasteiger partial charge in [-0.05, 0) is 36.9 Å². The predicted molar refractivity (Wildman–Crippen MR) is 99.3 cm³/mol. The van der Waals surface area contributed by atoms with E-state index in [0.29, 0.717) is 18.1 Å². The number of hydrogen-bond donors (Lipinski definition) is 0. The van der Waals surface area contributed by atoms with Crippen molar-refractivity contribution in [2.45, 2.75) is 20.8 Å². The molecule has 1 rings (SSSR count). The van der Waals surface area contributed by atoms with Crippen LogP contribution in [-0.4, -0.2) is 50.2 Å². The lowest BCUT2D eigenvalue weighted by molar-refractivity contribution is -0.138. The standard InChI is InChI=1S/C18H25NO5.ClH/c1-5-19(6-2)11-12-23-18(21)10-8-15-7-9-16(24-14(3)20)17(13-15)22-4;/h7-10,13H,5-6,11-12H2,1-4H3;1H/b10-8+;. The highest BCUT2D eigenvalue weighted by Gasteiger charge is 2.07. The molecule has 0 bridgehead atoms. The van der Waals surface area contributed by atoms with Crippen LogP contribution in [0, 0.1) is 0 Å². The first-order chi connectivity index (χ1) is 11.5. The quantitative estimate of drug-likeness (QED) is 0.378. The summed E-state index contributed by atoms with van der Waals surface area (Å²) in [5, 5.41) is 0. The van der Waals surface area contributed by atoms with Crippen LogP contribution in [0.4, 0.5) is 0 Å². The maximum atomic E-state index is 11.7. The van der Waals surface area contributed by atoms with Crippen LogP contribution in [0.25, 0.3) is 6.08 Å². The highest BCUT2D eigenvalue weighted by molar-refractivity contribution is 5.87. The number of ether oxygens (including phenoxy) is 3. The van der Waals surface area contributed by atoms with Crippen LogP contribution < -0.4 is 9.47 Å². The Morgan fingerprint density at radius 1 is 1.16 bits per heavy atom. The predicted octanol–water partition coefficient (Wildman–Crippen LogP) is 2.94. The average molecular weight is 372 g/mol. The molecular formula is C18H26ClNO5. The van der Waals surface area contributed by atoms with E-state index < -0.39 is 11.9 Å². The summed E-state index contributed by atoms with van der Waals surface area (Å²) in [6.07, 6.45) is 2.99. The van der Waals surface area contributed by atoms with Gasteiger partial charge in [0.2, 0.25) is 0 Å². The van der Waals surface area contributed by atoms with Crippen LogP contribution in [0.15, 0.2) is 24.3 Å². The summed E-state index contributed by atoms with van der Waals surface area (Å²) in [6.45, 7) is 8.39. The summed E-state index contributed by atoms with van der Waals surface area (Å²) < 4.78 is 15.4. The van der Waals surface area contributed by atoms with E-state index in [9.17, 15) is 9.59 Å². The second-order valence-corrected chi connectivity index (χ2v) is 5.03. The zero-order valence-electron chi connectivity index (χ0n) is 15.1. The van der Waals surface area contributed by atoms with E-state index in [0.717, 1.165) is 25.2 Å². The third kappa shape index (κ3) is 8.56. The minimum atomic E-state index is -0.423. The van der Waals surface area contributed by atoms with Crippen molar-refractivity contribution in [2.75, 3.05) is 33.4 Å². The Bertz CT molecular complexity index is 585. The molecule has 6 nitrogen and oxygen atoms in total. The summed E-state index contributed by atoms with van der Waals surface area (Å²) in [5.41, 5.74) is 0.739. The molecule has 0 saturated heterocycles. The molecule has 0 saturated carbocycles. The first-order valence-electron chi connectivity index (χ1n) is 7.93. The molecule has 1 aromatic carbocycles. The molecule has 0 atom stereocenters. The average Bonchev–Trinajstić information content (AvgIpc) is 2.57. The molecular weight excluding hydrogens is 346 g/mol. The number of benzene rings is 1. The van der Waals surface area contributed by atoms with Gasteiger partial charge in [-0.1, -0.05) is 19.9 Å². The number of esters is 2. The number of nitrogens with zero attached hydrogens (tertiary/aromatic N) is 1. The van der Waals surface area contributed by atoms with Gasteiger partial charge in [-0.2, -0.15) is 0 Å². The van der Waals surface area contributed by atoms with Crippen LogP contribution in [0.5, 0.6) is 11.5 Å². The van der Waals surface area contributed by atoms with E-state index in [1.807, 2.05) is 0 Å². The highest BCUT2D eigenvalue weighted by atomic mass is 35.5. The van der Waals surface area contributed by atoms with Gasteiger partial charge in [0, 0.05) is 19.5 Å². The Morgan fingerprint density at radius 2 is 1.84 bits per heavy atom. The Kier molecular flexibility index (Phi) is 11.3. The van der Waals surface area contributed by atoms with E-state index in [-0.39, 0.29) is 12.4 Å². The van der Waals surface area contributed by atoms with Gasteiger partial charge >= 0.3 is 11.9 Å². The lowest BCUT2D eigenvalue weighted by atomic mass is 10.2. The maximum Gasteiger partial charge on any atom is 0.330 e. The van der Waals surface area contributed by atoms with Gasteiger partial charge in [-0.15, -0.1) is 12.4 Å². The van der Waals surface area contributed by atoms with E-state index >= 15 is 0 Å². The molecule has 0 amide bonds. The van der Waals surface area contributed by atoms with E-state index in [2.05, 4.69) is 18.7 Å². The molecule has 0 aliphatic heterocycles. The van der Waals surface area contributed by atoms with Crippen LogP contribution in [0.3, 0.4) is 0 Å². The third-order valence-corrected chi connectivity index (χ3v) is 3.40. The minimum Gasteiger partial charge on any atom is -0.493 e. The molecule has 140 valence electrons. The monoisotopic (exact) mass is 371 g/mol. The summed E-state index contributed by atoms with van der Waals surface area (Å²) in [4.78, 5) is 24.9. The van der Waals surface area contributed by atoms with Crippen molar-refractivity contribution < 1.29 is 23.8 Å². The molecule has 0 heterocycles. The molecule has 7 heteroatoms. The summed E-state index contributed by atoms with van der Waals surface area (Å²) in [7, 11) is 1.48. The van der Waals surface area contributed by atoms with Crippen LogP contribution >= 0.6 is 12.4 Å². The van der Waals surface area contributed by atoms with E-state index in [4.69, 9.17) is 14.2 Å². The van der Waals surface area contributed by atoms with Crippen molar-refractivity contribution in [1.29, 1.82) is 0 Å². The van der Waals surface area contributed by atoms with Crippen molar-refractivity contribution in [3.8, 4) is 11.5 Å². The number of hydrogen-bond acceptors (Lipinski definition) is 6. The summed E-state index contributed by atoms with van der Waals surface area (Å²) in [6, 6.07) is 5.02. The fraction of sp³-hybridized carbons (Fsp3) is 0.444. The molecule has 0 radical (unpaired) electrons. The molecule has 0 fully saturated rings. The molecule has 25 heavy (non-hydrogen) atoms. The second kappa shape index (κ2) is 12.3. The number of likely N-dealkylation sites (N-methyl/N-ethyl adjacent to an activating group) is 1. The second-order valence-electron chi connectivity index (χ2n) is 5.03. The molecule has 0 aliphatic rings. The topological polar surface area (TPSA) is 65.1 Å². The normalized spacial score (nSPS) is 10.4. The van der Waals surface area contributed by atoms with Gasteiger partial charge in [0.25, 0.3) is 0 Å². The highest BCUT2D eigenvalue weighted by Crippen LogP contribution is 2.28. The van der Waals surface area contributed by atoms with Crippen molar-refractivity contribution >= 4 is 30.4 Å². The largest absolute Gasteiger partial charge is 0.493 e. The van der Waals surface area contributed by atoms with E-state index in [1.54, 1.807) is 24.3 Å². The minimum absolute atomic E-state index is 0. The van der Waals surface area contributed by atoms with Crippen LogP contribution in [0.1, 0.15) is 26.3 Å². The lowest BCUT2D eigenvalue weighted by Gasteiger charge is -2.17. The summed E-state index contributed by atoms with van der Waals surface area (Å²) in [5.74, 6) is -0.0650. The third-order valence-electron chi connectivity index (χ3n) is 3.40. The number of carbonyl (C=O) groups is 2. The van der Waals surface area contributed by atoms with Crippen molar-refractivity contribution in [3.63, 3.8) is 0 Å². The van der Waals surface area contributed by atoms with Gasteiger partial charge in [0.1, 0.15) is 6.61 Å². The number of rotatable bonds is 9. The zero-order valence-corrected chi connectivity index (χ0v) is 15.9. The van der Waals surface area contributed by atoms with Gasteiger partial charge in [-0.25, -0.2) is 4.79 Å². The van der Waals surface area contributed by atoms with Crippen molar-refractivity contribution in [3.05, 3.63) is 29.8 Å². The van der Waals surface area contributed by atoms with Crippen LogP contribution in [-0.2, 0) is 14.3 Å². The molecule has 0 unspecified atom stereocenters. The van der Waals surface area contributed by atoms with Gasteiger partial charge in [-0.3, -0.25) is 4.79 Å². The molecule has 0 N–H and O–H groups in total. The van der Waals surface area contributed by atoms with Gasteiger partial charge in [0.05, 0.1) is 7.11 Å². The lowest BCUT2D eigenvalue weighted by Crippen LogP contribution is -2.27. The van der Waals surface area contributed by atoms with Gasteiger partial charge < -0.3 is 19.1 Å². The van der Waals surface area contributed by atoms with Gasteiger partial charge in [0.15, 0.2) is 11.5 Å². The Hall–Kier alpha value is -2.05. The summed E-state index contributed by atoms with van der Waals surface area (Å²) >= 11 is 0. The van der Waals surface area contributed by atoms with Crippen LogP contribution in [0.2, 0.25) is 0 Å². The zero-order chi connectivity index (χ0) is 17.9. The molecule has 1 aromatic rings. The molecule has 0 spiro atoms. The van der Waals surface area contributed by atoms with Crippen molar-refractivity contribution in [1.82, 2.24) is 4.90 Å². The number of methoxy groups -OCH3 is 1. The fourth-order valence-corrected chi connectivity index (χ4v) is 2.05.